The number of primary amides is 1. The van der Waals surface area contributed by atoms with Crippen LogP contribution in [-0.4, -0.2) is 25.3 Å². The molecular weight excluding hydrogens is 278 g/mol. The molecular formula is C10H10ClN3O3S. The fourth-order valence-corrected chi connectivity index (χ4v) is 2.87. The molecule has 0 atom stereocenters. The van der Waals surface area contributed by atoms with Crippen molar-refractivity contribution in [1.82, 2.24) is 8.69 Å². The highest BCUT2D eigenvalue weighted by atomic mass is 35.5. The molecule has 0 spiro atoms. The summed E-state index contributed by atoms with van der Waals surface area (Å²) in [6.45, 7) is 0. The van der Waals surface area contributed by atoms with Crippen molar-refractivity contribution < 1.29 is 13.2 Å². The third-order valence-electron chi connectivity index (χ3n) is 2.47. The van der Waals surface area contributed by atoms with Crippen LogP contribution in [0.5, 0.6) is 0 Å². The van der Waals surface area contributed by atoms with Gasteiger partial charge >= 0.3 is 10.2 Å². The molecule has 0 bridgehead atoms. The van der Waals surface area contributed by atoms with E-state index in [1.807, 2.05) is 0 Å². The monoisotopic (exact) mass is 287 g/mol. The molecule has 0 aliphatic heterocycles. The number of rotatable bonds is 3. The molecule has 1 aromatic heterocycles. The molecule has 18 heavy (non-hydrogen) atoms. The third kappa shape index (κ3) is 1.96. The highest BCUT2D eigenvalue weighted by Crippen LogP contribution is 2.24. The second kappa shape index (κ2) is 4.27. The lowest BCUT2D eigenvalue weighted by Crippen LogP contribution is -2.30. The van der Waals surface area contributed by atoms with Crippen molar-refractivity contribution in [1.29, 1.82) is 0 Å². The number of nitrogens with one attached hydrogen (secondary N) is 1. The predicted octanol–water partition coefficient (Wildman–Crippen LogP) is 0.706. The van der Waals surface area contributed by atoms with Gasteiger partial charge in [-0.2, -0.15) is 8.42 Å². The SMILES string of the molecule is CNS(=O)(=O)n1c(C(N)=O)cc2cc(Cl)ccc21. The van der Waals surface area contributed by atoms with Gasteiger partial charge in [-0.25, -0.2) is 8.69 Å². The summed E-state index contributed by atoms with van der Waals surface area (Å²) in [6.07, 6.45) is 0. The van der Waals surface area contributed by atoms with Gasteiger partial charge in [0.1, 0.15) is 5.69 Å². The average Bonchev–Trinajstić information content (AvgIpc) is 2.68. The first kappa shape index (κ1) is 12.9. The van der Waals surface area contributed by atoms with Crippen LogP contribution in [0.25, 0.3) is 10.9 Å². The van der Waals surface area contributed by atoms with E-state index in [1.54, 1.807) is 6.07 Å². The van der Waals surface area contributed by atoms with Gasteiger partial charge in [0.25, 0.3) is 5.91 Å². The smallest absolute Gasteiger partial charge is 0.305 e. The first-order valence-corrected chi connectivity index (χ1v) is 6.73. The Morgan fingerprint density at radius 2 is 2.06 bits per heavy atom. The number of amides is 1. The van der Waals surface area contributed by atoms with Crippen LogP contribution in [0.15, 0.2) is 24.3 Å². The van der Waals surface area contributed by atoms with Crippen molar-refractivity contribution >= 4 is 38.6 Å². The molecule has 1 aromatic carbocycles. The zero-order valence-electron chi connectivity index (χ0n) is 9.34. The lowest BCUT2D eigenvalue weighted by molar-refractivity contribution is 0.0995. The number of carbonyl (C=O) groups is 1. The fourth-order valence-electron chi connectivity index (χ4n) is 1.68. The van der Waals surface area contributed by atoms with E-state index in [0.717, 1.165) is 3.97 Å². The number of fused-ring (bicyclic) bond motifs is 1. The zero-order valence-corrected chi connectivity index (χ0v) is 10.9. The van der Waals surface area contributed by atoms with Gasteiger partial charge in [-0.05, 0) is 24.3 Å². The van der Waals surface area contributed by atoms with E-state index >= 15 is 0 Å². The number of hydrogen-bond donors (Lipinski definition) is 2. The second-order valence-electron chi connectivity index (χ2n) is 3.57. The van der Waals surface area contributed by atoms with Gasteiger partial charge in [0.05, 0.1) is 5.52 Å². The van der Waals surface area contributed by atoms with Crippen LogP contribution in [0.4, 0.5) is 0 Å². The molecule has 0 aliphatic rings. The van der Waals surface area contributed by atoms with Crippen LogP contribution >= 0.6 is 11.6 Å². The summed E-state index contributed by atoms with van der Waals surface area (Å²) in [4.78, 5) is 11.3. The lowest BCUT2D eigenvalue weighted by Gasteiger charge is -2.08. The van der Waals surface area contributed by atoms with Crippen LogP contribution in [-0.2, 0) is 10.2 Å². The molecule has 0 unspecified atom stereocenters. The summed E-state index contributed by atoms with van der Waals surface area (Å²) in [5.74, 6) is -0.832. The summed E-state index contributed by atoms with van der Waals surface area (Å²) >= 11 is 5.82. The summed E-state index contributed by atoms with van der Waals surface area (Å²) in [5.41, 5.74) is 5.40. The molecule has 6 nitrogen and oxygen atoms in total. The highest BCUT2D eigenvalue weighted by Gasteiger charge is 2.21. The van der Waals surface area contributed by atoms with Gasteiger partial charge < -0.3 is 5.73 Å². The topological polar surface area (TPSA) is 94.2 Å². The number of carbonyl (C=O) groups excluding carboxylic acids is 1. The molecule has 0 radical (unpaired) electrons. The van der Waals surface area contributed by atoms with Gasteiger partial charge in [0.15, 0.2) is 0 Å². The normalized spacial score (nSPS) is 11.9. The van der Waals surface area contributed by atoms with Gasteiger partial charge in [-0.3, -0.25) is 4.79 Å². The lowest BCUT2D eigenvalue weighted by atomic mass is 10.2. The van der Waals surface area contributed by atoms with Crippen molar-refractivity contribution in [3.63, 3.8) is 0 Å². The van der Waals surface area contributed by atoms with Gasteiger partial charge in [-0.1, -0.05) is 11.6 Å². The minimum Gasteiger partial charge on any atom is -0.364 e. The Labute approximate surface area is 109 Å². The Hall–Kier alpha value is -1.57. The quantitative estimate of drug-likeness (QED) is 0.870. The molecule has 1 heterocycles. The minimum atomic E-state index is -3.85. The van der Waals surface area contributed by atoms with Gasteiger partial charge in [-0.15, -0.1) is 0 Å². The summed E-state index contributed by atoms with van der Waals surface area (Å²) in [7, 11) is -2.60. The van der Waals surface area contributed by atoms with Crippen LogP contribution in [0.1, 0.15) is 10.5 Å². The maximum absolute atomic E-state index is 11.9. The Morgan fingerprint density at radius 1 is 1.39 bits per heavy atom. The van der Waals surface area contributed by atoms with E-state index < -0.39 is 16.1 Å². The average molecular weight is 288 g/mol. The highest BCUT2D eigenvalue weighted by molar-refractivity contribution is 7.88. The number of nitrogens with zero attached hydrogens (tertiary/aromatic N) is 1. The van der Waals surface area contributed by atoms with E-state index in [2.05, 4.69) is 4.72 Å². The third-order valence-corrected chi connectivity index (χ3v) is 4.10. The molecule has 2 rings (SSSR count). The van der Waals surface area contributed by atoms with Crippen molar-refractivity contribution in [3.05, 3.63) is 35.0 Å². The number of hydrogen-bond acceptors (Lipinski definition) is 3. The van der Waals surface area contributed by atoms with Crippen LogP contribution < -0.4 is 10.5 Å². The first-order valence-electron chi connectivity index (χ1n) is 4.91. The van der Waals surface area contributed by atoms with Crippen molar-refractivity contribution in [2.24, 2.45) is 5.73 Å². The molecule has 0 saturated carbocycles. The number of benzene rings is 1. The van der Waals surface area contributed by atoms with E-state index in [1.165, 1.54) is 25.2 Å². The van der Waals surface area contributed by atoms with Gasteiger partial charge in [0.2, 0.25) is 0 Å². The van der Waals surface area contributed by atoms with E-state index in [9.17, 15) is 13.2 Å². The van der Waals surface area contributed by atoms with E-state index in [-0.39, 0.29) is 5.69 Å². The molecule has 96 valence electrons. The Morgan fingerprint density at radius 3 is 2.61 bits per heavy atom. The van der Waals surface area contributed by atoms with Crippen molar-refractivity contribution in [2.45, 2.75) is 0 Å². The number of halogens is 1. The van der Waals surface area contributed by atoms with Crippen LogP contribution in [0, 0.1) is 0 Å². The molecule has 0 saturated heterocycles. The molecule has 0 aliphatic carbocycles. The Balaban J connectivity index is 2.92. The fraction of sp³-hybridized carbons (Fsp3) is 0.100. The predicted molar refractivity (Wildman–Crippen MR) is 68.8 cm³/mol. The van der Waals surface area contributed by atoms with Crippen molar-refractivity contribution in [2.75, 3.05) is 7.05 Å². The van der Waals surface area contributed by atoms with Crippen LogP contribution in [0.2, 0.25) is 5.02 Å². The molecule has 1 amide bonds. The number of nitrogens with two attached hydrogens (primary N) is 1. The number of aromatic nitrogens is 1. The Bertz CT molecular complexity index is 736. The maximum atomic E-state index is 11.9. The Kier molecular flexibility index (Phi) is 3.05. The summed E-state index contributed by atoms with van der Waals surface area (Å²) in [5, 5.41) is 0.965. The van der Waals surface area contributed by atoms with Crippen LogP contribution in [0.3, 0.4) is 0 Å². The molecule has 8 heteroatoms. The minimum absolute atomic E-state index is 0.124. The standard InChI is InChI=1S/C10H10ClN3O3S/c1-13-18(16,17)14-8-3-2-7(11)4-6(8)5-9(14)10(12)15/h2-5,13H,1H3,(H2,12,15). The largest absolute Gasteiger partial charge is 0.364 e. The summed E-state index contributed by atoms with van der Waals surface area (Å²) in [6, 6.07) is 6.00. The van der Waals surface area contributed by atoms with Gasteiger partial charge in [0, 0.05) is 17.5 Å². The molecule has 0 fully saturated rings. The summed E-state index contributed by atoms with van der Waals surface area (Å²) < 4.78 is 26.8. The maximum Gasteiger partial charge on any atom is 0.305 e. The van der Waals surface area contributed by atoms with E-state index in [0.29, 0.717) is 15.9 Å². The zero-order chi connectivity index (χ0) is 13.5. The van der Waals surface area contributed by atoms with Crippen molar-refractivity contribution in [3.8, 4) is 0 Å². The molecule has 2 aromatic rings. The molecule has 3 N–H and O–H groups in total. The second-order valence-corrected chi connectivity index (χ2v) is 5.73. The first-order chi connectivity index (χ1) is 8.36. The van der Waals surface area contributed by atoms with E-state index in [4.69, 9.17) is 17.3 Å².